The number of nitrogens with zero attached hydrogens (tertiary/aromatic N) is 4. The summed E-state index contributed by atoms with van der Waals surface area (Å²) in [5.74, 6) is 3.15. The average molecular weight is 451 g/mol. The van der Waals surface area contributed by atoms with Gasteiger partial charge < -0.3 is 13.9 Å². The summed E-state index contributed by atoms with van der Waals surface area (Å²) >= 11 is 1.54. The van der Waals surface area contributed by atoms with E-state index in [1.807, 2.05) is 18.2 Å². The molecule has 6 nitrogen and oxygen atoms in total. The number of aryl methyl sites for hydroxylation is 2. The molecule has 2 aliphatic rings. The van der Waals surface area contributed by atoms with Gasteiger partial charge in [-0.2, -0.15) is 0 Å². The molecule has 0 N–H and O–H groups in total. The first-order chi connectivity index (χ1) is 15.5. The van der Waals surface area contributed by atoms with E-state index in [0.717, 1.165) is 46.6 Å². The van der Waals surface area contributed by atoms with Crippen LogP contribution in [0.4, 0.5) is 0 Å². The highest BCUT2D eigenvalue weighted by Gasteiger charge is 2.36. The van der Waals surface area contributed by atoms with Crippen molar-refractivity contribution in [3.8, 4) is 5.75 Å². The molecule has 0 radical (unpaired) electrons. The summed E-state index contributed by atoms with van der Waals surface area (Å²) < 4.78 is 9.80. The van der Waals surface area contributed by atoms with E-state index in [2.05, 4.69) is 45.3 Å². The normalized spacial score (nSPS) is 15.8. The zero-order valence-electron chi connectivity index (χ0n) is 19.0. The van der Waals surface area contributed by atoms with Crippen LogP contribution in [0.25, 0.3) is 0 Å². The lowest BCUT2D eigenvalue weighted by molar-refractivity contribution is 0.102. The molecule has 0 amide bonds. The molecule has 5 rings (SSSR count). The molecule has 2 fully saturated rings. The minimum atomic E-state index is 0.164. The summed E-state index contributed by atoms with van der Waals surface area (Å²) in [6.45, 7) is 4.98. The molecular weight excluding hydrogens is 420 g/mol. The number of rotatable bonds is 10. The van der Waals surface area contributed by atoms with E-state index in [0.29, 0.717) is 17.7 Å². The molecule has 2 aliphatic carbocycles. The second-order valence-corrected chi connectivity index (χ2v) is 9.91. The highest BCUT2D eigenvalue weighted by Crippen LogP contribution is 2.46. The van der Waals surface area contributed by atoms with Crippen molar-refractivity contribution in [3.63, 3.8) is 0 Å². The number of methoxy groups -OCH3 is 1. The molecule has 0 spiro atoms. The topological polar surface area (TPSA) is 61.9 Å². The Morgan fingerprint density at radius 2 is 1.88 bits per heavy atom. The van der Waals surface area contributed by atoms with Crippen LogP contribution in [0.15, 0.2) is 35.5 Å². The number of Topliss-reactive ketones (excluding diaryl/α,β-unsaturated/α-hetero) is 1. The maximum absolute atomic E-state index is 13.1. The van der Waals surface area contributed by atoms with E-state index >= 15 is 0 Å². The monoisotopic (exact) mass is 450 g/mol. The standard InChI is InChI=1S/C25H30N4O2S/c1-16-14-22(17(2)28(16)13-12-18-4-10-21(31-3)11-5-18)23(30)15-32-25-27-26-24(19-6-7-19)29(25)20-8-9-20/h4-5,10-11,14,19-20H,6-9,12-13,15H2,1-3H3. The second kappa shape index (κ2) is 8.77. The number of hydrogen-bond donors (Lipinski definition) is 0. The van der Waals surface area contributed by atoms with Crippen molar-refractivity contribution in [1.82, 2.24) is 19.3 Å². The lowest BCUT2D eigenvalue weighted by Crippen LogP contribution is -2.09. The number of ketones is 1. The van der Waals surface area contributed by atoms with Gasteiger partial charge in [0, 0.05) is 35.5 Å². The Hall–Kier alpha value is -2.54. The molecule has 0 unspecified atom stereocenters. The predicted octanol–water partition coefficient (Wildman–Crippen LogP) is 5.14. The fourth-order valence-corrected chi connectivity index (χ4v) is 5.25. The number of thioether (sulfide) groups is 1. The van der Waals surface area contributed by atoms with Gasteiger partial charge in [-0.3, -0.25) is 4.79 Å². The summed E-state index contributed by atoms with van der Waals surface area (Å²) in [5, 5.41) is 9.81. The molecule has 7 heteroatoms. The molecule has 2 saturated carbocycles. The first-order valence-corrected chi connectivity index (χ1v) is 12.4. The Balaban J connectivity index is 1.24. The molecule has 0 atom stereocenters. The number of carbonyl (C=O) groups excluding carboxylic acids is 1. The first kappa shape index (κ1) is 21.3. The van der Waals surface area contributed by atoms with Crippen molar-refractivity contribution in [2.45, 2.75) is 69.6 Å². The van der Waals surface area contributed by atoms with Crippen molar-refractivity contribution in [2.24, 2.45) is 0 Å². The highest BCUT2D eigenvalue weighted by atomic mass is 32.2. The number of hydrogen-bond acceptors (Lipinski definition) is 5. The molecule has 32 heavy (non-hydrogen) atoms. The average Bonchev–Trinajstić information content (AvgIpc) is 3.74. The Bertz CT molecular complexity index is 1120. The quantitative estimate of drug-likeness (QED) is 0.316. The SMILES string of the molecule is COc1ccc(CCn2c(C)cc(C(=O)CSc3nnc(C4CC4)n3C3CC3)c2C)cc1. The zero-order valence-corrected chi connectivity index (χ0v) is 19.8. The largest absolute Gasteiger partial charge is 0.497 e. The second-order valence-electron chi connectivity index (χ2n) is 8.96. The van der Waals surface area contributed by atoms with Crippen molar-refractivity contribution < 1.29 is 9.53 Å². The molecule has 0 bridgehead atoms. The zero-order chi connectivity index (χ0) is 22.2. The maximum atomic E-state index is 13.1. The smallest absolute Gasteiger partial charge is 0.191 e. The van der Waals surface area contributed by atoms with Gasteiger partial charge in [0.05, 0.1) is 12.9 Å². The summed E-state index contributed by atoms with van der Waals surface area (Å²) in [7, 11) is 1.68. The lowest BCUT2D eigenvalue weighted by atomic mass is 10.1. The van der Waals surface area contributed by atoms with E-state index in [9.17, 15) is 4.79 Å². The van der Waals surface area contributed by atoms with Crippen LogP contribution in [0.1, 0.15) is 70.8 Å². The Labute approximate surface area is 193 Å². The number of benzene rings is 1. The molecule has 0 aliphatic heterocycles. The molecule has 168 valence electrons. The van der Waals surface area contributed by atoms with E-state index in [4.69, 9.17) is 4.74 Å². The van der Waals surface area contributed by atoms with Crippen LogP contribution >= 0.6 is 11.8 Å². The van der Waals surface area contributed by atoms with Crippen LogP contribution in [-0.4, -0.2) is 38.0 Å². The molecular formula is C25H30N4O2S. The van der Waals surface area contributed by atoms with Gasteiger partial charge in [-0.05, 0) is 69.7 Å². The minimum Gasteiger partial charge on any atom is -0.497 e. The Morgan fingerprint density at radius 1 is 1.12 bits per heavy atom. The molecule has 3 aromatic rings. The van der Waals surface area contributed by atoms with Crippen LogP contribution in [0.2, 0.25) is 0 Å². The summed E-state index contributed by atoms with van der Waals surface area (Å²) in [4.78, 5) is 13.1. The third-order valence-corrected chi connectivity index (χ3v) is 7.48. The van der Waals surface area contributed by atoms with Gasteiger partial charge in [-0.1, -0.05) is 23.9 Å². The van der Waals surface area contributed by atoms with Crippen molar-refractivity contribution >= 4 is 17.5 Å². The third kappa shape index (κ3) is 4.35. The fourth-order valence-electron chi connectivity index (χ4n) is 4.35. The molecule has 1 aromatic carbocycles. The highest BCUT2D eigenvalue weighted by molar-refractivity contribution is 7.99. The van der Waals surface area contributed by atoms with Crippen LogP contribution in [-0.2, 0) is 13.0 Å². The van der Waals surface area contributed by atoms with Crippen molar-refractivity contribution in [3.05, 3.63) is 58.7 Å². The van der Waals surface area contributed by atoms with Gasteiger partial charge in [-0.25, -0.2) is 0 Å². The van der Waals surface area contributed by atoms with Crippen molar-refractivity contribution in [2.75, 3.05) is 12.9 Å². The molecule has 0 saturated heterocycles. The first-order valence-electron chi connectivity index (χ1n) is 11.5. The van der Waals surface area contributed by atoms with E-state index in [-0.39, 0.29) is 5.78 Å². The number of aromatic nitrogens is 4. The van der Waals surface area contributed by atoms with E-state index < -0.39 is 0 Å². The van der Waals surface area contributed by atoms with Crippen molar-refractivity contribution in [1.29, 1.82) is 0 Å². The summed E-state index contributed by atoms with van der Waals surface area (Å²) in [6, 6.07) is 10.8. The molecule has 2 aromatic heterocycles. The predicted molar refractivity (Wildman–Crippen MR) is 126 cm³/mol. The minimum absolute atomic E-state index is 0.164. The number of carbonyl (C=O) groups is 1. The van der Waals surface area contributed by atoms with Crippen LogP contribution in [0, 0.1) is 13.8 Å². The van der Waals surface area contributed by atoms with Gasteiger partial charge >= 0.3 is 0 Å². The maximum Gasteiger partial charge on any atom is 0.191 e. The third-order valence-electron chi connectivity index (χ3n) is 6.53. The van der Waals surface area contributed by atoms with Gasteiger partial charge in [0.1, 0.15) is 11.6 Å². The Morgan fingerprint density at radius 3 is 2.53 bits per heavy atom. The van der Waals surface area contributed by atoms with Crippen LogP contribution in [0.3, 0.4) is 0 Å². The summed E-state index contributed by atoms with van der Waals surface area (Å²) in [5.41, 5.74) is 4.25. The molecule has 2 heterocycles. The lowest BCUT2D eigenvalue weighted by Gasteiger charge is -2.10. The fraction of sp³-hybridized carbons (Fsp3) is 0.480. The number of ether oxygens (including phenoxy) is 1. The van der Waals surface area contributed by atoms with Crippen LogP contribution < -0.4 is 4.74 Å². The summed E-state index contributed by atoms with van der Waals surface area (Å²) in [6.07, 6.45) is 5.76. The van der Waals surface area contributed by atoms with Gasteiger partial charge in [0.15, 0.2) is 10.9 Å². The van der Waals surface area contributed by atoms with Gasteiger partial charge in [0.2, 0.25) is 0 Å². The van der Waals surface area contributed by atoms with Gasteiger partial charge in [0.25, 0.3) is 0 Å². The van der Waals surface area contributed by atoms with Gasteiger partial charge in [-0.15, -0.1) is 10.2 Å². The van der Waals surface area contributed by atoms with E-state index in [1.54, 1.807) is 18.9 Å². The van der Waals surface area contributed by atoms with Crippen LogP contribution in [0.5, 0.6) is 5.75 Å². The Kier molecular flexibility index (Phi) is 5.84. The van der Waals surface area contributed by atoms with E-state index in [1.165, 1.54) is 31.2 Å².